The Balaban J connectivity index is 3.22. The minimum atomic E-state index is 0.465. The lowest BCUT2D eigenvalue weighted by Gasteiger charge is -2.09. The van der Waals surface area contributed by atoms with Gasteiger partial charge in [0.1, 0.15) is 0 Å². The average Bonchev–Trinajstić information content (AvgIpc) is 1.88. The van der Waals surface area contributed by atoms with Gasteiger partial charge < -0.3 is 10.6 Å². The van der Waals surface area contributed by atoms with Crippen molar-refractivity contribution in [2.75, 3.05) is 20.1 Å². The van der Waals surface area contributed by atoms with Gasteiger partial charge in [-0.05, 0) is 7.05 Å². The largest absolute Gasteiger partial charge is 0.378 e. The summed E-state index contributed by atoms with van der Waals surface area (Å²) in [6.45, 7) is 6.07. The van der Waals surface area contributed by atoms with Crippen molar-refractivity contribution in [3.8, 4) is 0 Å². The molecule has 0 heterocycles. The minimum Gasteiger partial charge on any atom is -0.378 e. The summed E-state index contributed by atoms with van der Waals surface area (Å²) in [5, 5.41) is 6.19. The third kappa shape index (κ3) is 4.70. The van der Waals surface area contributed by atoms with Crippen LogP contribution in [0.1, 0.15) is 13.8 Å². The van der Waals surface area contributed by atoms with Gasteiger partial charge in [-0.15, -0.1) is 0 Å². The SMILES string of the molecule is CNCCNC(=S)C(C)C. The second kappa shape index (κ2) is 5.62. The second-order valence-corrected chi connectivity index (χ2v) is 2.99. The first-order chi connectivity index (χ1) is 4.68. The Morgan fingerprint density at radius 2 is 2.00 bits per heavy atom. The summed E-state index contributed by atoms with van der Waals surface area (Å²) in [6.07, 6.45) is 0. The number of likely N-dealkylation sites (N-methyl/N-ethyl adjacent to an activating group) is 1. The monoisotopic (exact) mass is 160 g/mol. The summed E-state index contributed by atoms with van der Waals surface area (Å²) < 4.78 is 0. The first-order valence-corrected chi connectivity index (χ1v) is 4.01. The predicted octanol–water partition coefficient (Wildman–Crippen LogP) is 0.779. The summed E-state index contributed by atoms with van der Waals surface area (Å²) in [5.41, 5.74) is 0. The van der Waals surface area contributed by atoms with Crippen LogP contribution in [0, 0.1) is 5.92 Å². The maximum absolute atomic E-state index is 5.05. The highest BCUT2D eigenvalue weighted by Gasteiger charge is 1.98. The van der Waals surface area contributed by atoms with Crippen LogP contribution >= 0.6 is 12.2 Å². The quantitative estimate of drug-likeness (QED) is 0.469. The van der Waals surface area contributed by atoms with Crippen LogP contribution in [-0.4, -0.2) is 25.1 Å². The summed E-state index contributed by atoms with van der Waals surface area (Å²) in [6, 6.07) is 0. The lowest BCUT2D eigenvalue weighted by molar-refractivity contribution is 0.736. The van der Waals surface area contributed by atoms with Gasteiger partial charge in [0, 0.05) is 19.0 Å². The van der Waals surface area contributed by atoms with Gasteiger partial charge >= 0.3 is 0 Å². The Bertz CT molecular complexity index is 102. The number of nitrogens with one attached hydrogen (secondary N) is 2. The molecular formula is C7H16N2S. The highest BCUT2D eigenvalue weighted by molar-refractivity contribution is 7.80. The molecule has 3 heteroatoms. The van der Waals surface area contributed by atoms with E-state index in [1.54, 1.807) is 0 Å². The fourth-order valence-electron chi connectivity index (χ4n) is 0.515. The average molecular weight is 160 g/mol. The number of thiocarbonyl (C=S) groups is 1. The van der Waals surface area contributed by atoms with Crippen LogP contribution in [0.3, 0.4) is 0 Å². The topological polar surface area (TPSA) is 24.1 Å². The van der Waals surface area contributed by atoms with Crippen molar-refractivity contribution < 1.29 is 0 Å². The first-order valence-electron chi connectivity index (χ1n) is 3.60. The molecule has 0 aromatic carbocycles. The molecule has 0 aliphatic heterocycles. The maximum atomic E-state index is 5.05. The molecule has 0 aliphatic rings. The van der Waals surface area contributed by atoms with E-state index in [2.05, 4.69) is 24.5 Å². The van der Waals surface area contributed by atoms with Crippen molar-refractivity contribution in [3.63, 3.8) is 0 Å². The van der Waals surface area contributed by atoms with Crippen LogP contribution < -0.4 is 10.6 Å². The van der Waals surface area contributed by atoms with E-state index in [0.717, 1.165) is 18.1 Å². The number of hydrogen-bond donors (Lipinski definition) is 2. The summed E-state index contributed by atoms with van der Waals surface area (Å²) >= 11 is 5.05. The van der Waals surface area contributed by atoms with Crippen molar-refractivity contribution in [1.29, 1.82) is 0 Å². The Labute approximate surface area is 68.4 Å². The molecule has 0 aliphatic carbocycles. The molecule has 0 aromatic rings. The molecule has 0 fully saturated rings. The van der Waals surface area contributed by atoms with Crippen LogP contribution in [0.5, 0.6) is 0 Å². The molecule has 2 nitrogen and oxygen atoms in total. The van der Waals surface area contributed by atoms with E-state index in [0.29, 0.717) is 5.92 Å². The normalized spacial score (nSPS) is 10.0. The highest BCUT2D eigenvalue weighted by Crippen LogP contribution is 1.92. The minimum absolute atomic E-state index is 0.465. The van der Waals surface area contributed by atoms with E-state index in [1.165, 1.54) is 0 Å². The van der Waals surface area contributed by atoms with E-state index < -0.39 is 0 Å². The Hall–Kier alpha value is -0.150. The van der Waals surface area contributed by atoms with E-state index in [1.807, 2.05) is 7.05 Å². The number of rotatable bonds is 4. The first kappa shape index (κ1) is 9.85. The van der Waals surface area contributed by atoms with Gasteiger partial charge in [-0.3, -0.25) is 0 Å². The Kier molecular flexibility index (Phi) is 5.54. The van der Waals surface area contributed by atoms with E-state index in [9.17, 15) is 0 Å². The van der Waals surface area contributed by atoms with Gasteiger partial charge in [0.05, 0.1) is 4.99 Å². The predicted molar refractivity (Wildman–Crippen MR) is 49.4 cm³/mol. The van der Waals surface area contributed by atoms with Gasteiger partial charge in [-0.1, -0.05) is 26.1 Å². The molecular weight excluding hydrogens is 144 g/mol. The van der Waals surface area contributed by atoms with E-state index in [-0.39, 0.29) is 0 Å². The summed E-state index contributed by atoms with van der Waals surface area (Å²) in [4.78, 5) is 0.954. The second-order valence-electron chi connectivity index (χ2n) is 2.55. The van der Waals surface area contributed by atoms with Crippen LogP contribution in [0.2, 0.25) is 0 Å². The highest BCUT2D eigenvalue weighted by atomic mass is 32.1. The molecule has 0 saturated carbocycles. The van der Waals surface area contributed by atoms with Crippen molar-refractivity contribution in [1.82, 2.24) is 10.6 Å². The molecule has 0 bridgehead atoms. The van der Waals surface area contributed by atoms with Crippen molar-refractivity contribution in [3.05, 3.63) is 0 Å². The molecule has 0 unspecified atom stereocenters. The molecule has 0 saturated heterocycles. The summed E-state index contributed by atoms with van der Waals surface area (Å²) in [7, 11) is 1.93. The van der Waals surface area contributed by atoms with Gasteiger partial charge in [-0.2, -0.15) is 0 Å². The summed E-state index contributed by atoms with van der Waals surface area (Å²) in [5.74, 6) is 0.465. The van der Waals surface area contributed by atoms with E-state index >= 15 is 0 Å². The van der Waals surface area contributed by atoms with Gasteiger partial charge in [-0.25, -0.2) is 0 Å². The van der Waals surface area contributed by atoms with Gasteiger partial charge in [0.25, 0.3) is 0 Å². The third-order valence-electron chi connectivity index (χ3n) is 1.20. The fourth-order valence-corrected chi connectivity index (χ4v) is 0.617. The Morgan fingerprint density at radius 1 is 1.40 bits per heavy atom. The molecule has 60 valence electrons. The zero-order chi connectivity index (χ0) is 7.98. The van der Waals surface area contributed by atoms with Gasteiger partial charge in [0.2, 0.25) is 0 Å². The van der Waals surface area contributed by atoms with Crippen LogP contribution in [0.15, 0.2) is 0 Å². The molecule has 0 amide bonds. The van der Waals surface area contributed by atoms with Crippen LogP contribution in [0.4, 0.5) is 0 Å². The van der Waals surface area contributed by atoms with Crippen LogP contribution in [-0.2, 0) is 0 Å². The van der Waals surface area contributed by atoms with E-state index in [4.69, 9.17) is 12.2 Å². The molecule has 0 atom stereocenters. The molecule has 10 heavy (non-hydrogen) atoms. The lowest BCUT2D eigenvalue weighted by Crippen LogP contribution is -2.31. The zero-order valence-corrected chi connectivity index (χ0v) is 7.72. The zero-order valence-electron chi connectivity index (χ0n) is 6.90. The van der Waals surface area contributed by atoms with Crippen molar-refractivity contribution >= 4 is 17.2 Å². The fraction of sp³-hybridized carbons (Fsp3) is 0.857. The molecule has 0 radical (unpaired) electrons. The van der Waals surface area contributed by atoms with Crippen LogP contribution in [0.25, 0.3) is 0 Å². The molecule has 0 aromatic heterocycles. The maximum Gasteiger partial charge on any atom is 0.0779 e. The van der Waals surface area contributed by atoms with Crippen molar-refractivity contribution in [2.45, 2.75) is 13.8 Å². The standard InChI is InChI=1S/C7H16N2S/c1-6(2)7(10)9-5-4-8-3/h6,8H,4-5H2,1-3H3,(H,9,10). The molecule has 0 spiro atoms. The third-order valence-corrected chi connectivity index (χ3v) is 1.81. The Morgan fingerprint density at radius 3 is 2.40 bits per heavy atom. The van der Waals surface area contributed by atoms with Crippen molar-refractivity contribution in [2.24, 2.45) is 5.92 Å². The lowest BCUT2D eigenvalue weighted by atomic mass is 10.2. The smallest absolute Gasteiger partial charge is 0.0779 e. The number of hydrogen-bond acceptors (Lipinski definition) is 2. The molecule has 2 N–H and O–H groups in total. The molecule has 0 rings (SSSR count). The van der Waals surface area contributed by atoms with Gasteiger partial charge in [0.15, 0.2) is 0 Å².